The highest BCUT2D eigenvalue weighted by molar-refractivity contribution is 14.1. The van der Waals surface area contributed by atoms with Crippen LogP contribution < -0.4 is 10.8 Å². The molecule has 1 atom stereocenters. The number of amides is 1. The number of carbonyl (C=O) groups excluding carboxylic acids is 1. The average Bonchev–Trinajstić information content (AvgIpc) is 2.66. The number of rotatable bonds is 8. The normalized spacial score (nSPS) is 12.0. The van der Waals surface area contributed by atoms with Crippen molar-refractivity contribution in [3.05, 3.63) is 55.6 Å². The van der Waals surface area contributed by atoms with Gasteiger partial charge in [-0.25, -0.2) is 14.3 Å². The third-order valence-corrected chi connectivity index (χ3v) is 4.73. The van der Waals surface area contributed by atoms with Crippen LogP contribution in [0.5, 0.6) is 0 Å². The molecule has 4 N–H and O–H groups in total. The highest BCUT2D eigenvalue weighted by Gasteiger charge is 2.23. The maximum Gasteiger partial charge on any atom is 0.277 e. The van der Waals surface area contributed by atoms with Crippen LogP contribution in [0.2, 0.25) is 5.02 Å². The maximum atomic E-state index is 14.5. The Morgan fingerprint density at radius 1 is 1.32 bits per heavy atom. The molecule has 0 aliphatic rings. The first-order valence-corrected chi connectivity index (χ1v) is 9.62. The zero-order chi connectivity index (χ0) is 20.8. The van der Waals surface area contributed by atoms with E-state index < -0.39 is 35.3 Å². The number of nitrogens with one attached hydrogen (secondary N) is 2. The van der Waals surface area contributed by atoms with Crippen LogP contribution in [0.15, 0.2) is 24.3 Å². The van der Waals surface area contributed by atoms with E-state index in [9.17, 15) is 18.7 Å². The van der Waals surface area contributed by atoms with Crippen LogP contribution in [0.4, 0.5) is 20.2 Å². The largest absolute Gasteiger partial charge is 0.394 e. The van der Waals surface area contributed by atoms with Gasteiger partial charge in [0.05, 0.1) is 35.6 Å². The number of hydrogen-bond acceptors (Lipinski definition) is 5. The molecule has 0 heterocycles. The highest BCUT2D eigenvalue weighted by atomic mass is 127. The van der Waals surface area contributed by atoms with Crippen molar-refractivity contribution in [2.75, 3.05) is 18.5 Å². The van der Waals surface area contributed by atoms with Gasteiger partial charge in [-0.15, -0.1) is 0 Å². The smallest absolute Gasteiger partial charge is 0.277 e. The van der Waals surface area contributed by atoms with Crippen molar-refractivity contribution in [1.29, 1.82) is 0 Å². The predicted octanol–water partition coefficient (Wildman–Crippen LogP) is 3.68. The second kappa shape index (κ2) is 10.3. The molecule has 1 amide bonds. The van der Waals surface area contributed by atoms with Crippen LogP contribution >= 0.6 is 34.2 Å². The topological polar surface area (TPSA) is 90.8 Å². The maximum absolute atomic E-state index is 14.5. The summed E-state index contributed by atoms with van der Waals surface area (Å²) in [6.45, 7) is 1.24. The number of anilines is 2. The lowest BCUT2D eigenvalue weighted by molar-refractivity contribution is 0.00704. The molecule has 0 radical (unpaired) electrons. The summed E-state index contributed by atoms with van der Waals surface area (Å²) < 4.78 is 29.4. The molecule has 0 aliphatic heterocycles. The van der Waals surface area contributed by atoms with E-state index in [1.807, 2.05) is 6.07 Å². The molecule has 0 aromatic heterocycles. The van der Waals surface area contributed by atoms with Gasteiger partial charge in [0.25, 0.3) is 5.91 Å². The first kappa shape index (κ1) is 22.8. The Morgan fingerprint density at radius 2 is 2.04 bits per heavy atom. The summed E-state index contributed by atoms with van der Waals surface area (Å²) in [7, 11) is 0. The van der Waals surface area contributed by atoms with Gasteiger partial charge in [-0.05, 0) is 59.3 Å². The van der Waals surface area contributed by atoms with Gasteiger partial charge in [0.1, 0.15) is 0 Å². The van der Waals surface area contributed by atoms with Crippen molar-refractivity contribution in [3.63, 3.8) is 0 Å². The number of carbonyl (C=O) groups is 1. The lowest BCUT2D eigenvalue weighted by Gasteiger charge is -2.16. The van der Waals surface area contributed by atoms with Gasteiger partial charge in [-0.2, -0.15) is 0 Å². The quantitative estimate of drug-likeness (QED) is 0.182. The number of aliphatic hydroxyl groups is 2. The number of hydroxylamine groups is 1. The Balaban J connectivity index is 2.26. The lowest BCUT2D eigenvalue weighted by atomic mass is 10.1. The van der Waals surface area contributed by atoms with E-state index in [-0.39, 0.29) is 24.3 Å². The van der Waals surface area contributed by atoms with Gasteiger partial charge in [0.2, 0.25) is 0 Å². The number of benzene rings is 2. The SMILES string of the molecule is Cc1cc(I)ccc1Nc1c(C(=O)NOCCC(O)CO)cc(Cl)c(F)c1F. The van der Waals surface area contributed by atoms with Crippen LogP contribution in [0.1, 0.15) is 22.3 Å². The van der Waals surface area contributed by atoms with Crippen LogP contribution in [-0.2, 0) is 4.84 Å². The summed E-state index contributed by atoms with van der Waals surface area (Å²) in [6.07, 6.45) is -0.918. The minimum atomic E-state index is -1.30. The third kappa shape index (κ3) is 5.74. The molecule has 0 aliphatic carbocycles. The summed E-state index contributed by atoms with van der Waals surface area (Å²) in [5, 5.41) is 20.2. The van der Waals surface area contributed by atoms with Gasteiger partial charge in [-0.1, -0.05) is 11.6 Å². The van der Waals surface area contributed by atoms with E-state index in [1.54, 1.807) is 19.1 Å². The second-order valence-electron chi connectivity index (χ2n) is 5.90. The van der Waals surface area contributed by atoms with Gasteiger partial charge in [0, 0.05) is 15.7 Å². The van der Waals surface area contributed by atoms with Crippen LogP contribution in [0, 0.1) is 22.1 Å². The Morgan fingerprint density at radius 3 is 2.68 bits per heavy atom. The summed E-state index contributed by atoms with van der Waals surface area (Å²) in [5.74, 6) is -3.44. The number of hydrogen-bond donors (Lipinski definition) is 4. The monoisotopic (exact) mass is 526 g/mol. The molecule has 2 rings (SSSR count). The Labute approximate surface area is 178 Å². The van der Waals surface area contributed by atoms with E-state index in [1.165, 1.54) is 0 Å². The van der Waals surface area contributed by atoms with Crippen molar-refractivity contribution >= 4 is 51.5 Å². The third-order valence-electron chi connectivity index (χ3n) is 3.78. The zero-order valence-electron chi connectivity index (χ0n) is 14.7. The molecule has 152 valence electrons. The Kier molecular flexibility index (Phi) is 8.38. The molecular weight excluding hydrogens is 509 g/mol. The number of aryl methyl sites for hydroxylation is 1. The molecule has 2 aromatic carbocycles. The van der Waals surface area contributed by atoms with E-state index in [2.05, 4.69) is 33.4 Å². The van der Waals surface area contributed by atoms with Gasteiger partial charge < -0.3 is 15.5 Å². The van der Waals surface area contributed by atoms with Crippen LogP contribution in [0.25, 0.3) is 0 Å². The lowest BCUT2D eigenvalue weighted by Crippen LogP contribution is -2.27. The summed E-state index contributed by atoms with van der Waals surface area (Å²) in [5.41, 5.74) is 2.69. The summed E-state index contributed by atoms with van der Waals surface area (Å²) in [4.78, 5) is 17.3. The molecule has 0 bridgehead atoms. The minimum absolute atomic E-state index is 0.0717. The van der Waals surface area contributed by atoms with Crippen molar-refractivity contribution in [2.45, 2.75) is 19.4 Å². The molecule has 10 heteroatoms. The second-order valence-corrected chi connectivity index (χ2v) is 7.55. The zero-order valence-corrected chi connectivity index (χ0v) is 17.6. The molecule has 6 nitrogen and oxygen atoms in total. The predicted molar refractivity (Wildman–Crippen MR) is 110 cm³/mol. The van der Waals surface area contributed by atoms with Crippen molar-refractivity contribution < 1.29 is 28.6 Å². The molecule has 0 spiro atoms. The van der Waals surface area contributed by atoms with Gasteiger partial charge in [-0.3, -0.25) is 9.63 Å². The first-order chi connectivity index (χ1) is 13.2. The highest BCUT2D eigenvalue weighted by Crippen LogP contribution is 2.32. The fourth-order valence-corrected chi connectivity index (χ4v) is 3.10. The summed E-state index contributed by atoms with van der Waals surface area (Å²) >= 11 is 7.81. The van der Waals surface area contributed by atoms with E-state index >= 15 is 0 Å². The molecule has 0 saturated heterocycles. The molecule has 0 saturated carbocycles. The van der Waals surface area contributed by atoms with E-state index in [0.29, 0.717) is 5.69 Å². The number of halogens is 4. The van der Waals surface area contributed by atoms with Crippen molar-refractivity contribution in [2.24, 2.45) is 0 Å². The standard InChI is InChI=1S/C18H18ClF2IN2O4/c1-9-6-10(22)2-3-14(9)23-17-12(7-13(19)15(20)16(17)21)18(27)24-28-5-4-11(26)8-25/h2-3,6-7,11,23,25-26H,4-5,8H2,1H3,(H,24,27). The average molecular weight is 527 g/mol. The van der Waals surface area contributed by atoms with Gasteiger partial charge in [0.15, 0.2) is 11.6 Å². The van der Waals surface area contributed by atoms with E-state index in [0.717, 1.165) is 15.2 Å². The van der Waals surface area contributed by atoms with E-state index in [4.69, 9.17) is 21.5 Å². The molecule has 0 fully saturated rings. The van der Waals surface area contributed by atoms with Crippen molar-refractivity contribution in [1.82, 2.24) is 5.48 Å². The molecule has 1 unspecified atom stereocenters. The van der Waals surface area contributed by atoms with Crippen LogP contribution in [-0.4, -0.2) is 35.4 Å². The first-order valence-electron chi connectivity index (χ1n) is 8.16. The molecule has 2 aromatic rings. The van der Waals surface area contributed by atoms with Crippen LogP contribution in [0.3, 0.4) is 0 Å². The Hall–Kier alpha value is -1.53. The molecular formula is C18H18ClF2IN2O4. The fourth-order valence-electron chi connectivity index (χ4n) is 2.26. The van der Waals surface area contributed by atoms with Gasteiger partial charge >= 0.3 is 0 Å². The Bertz CT molecular complexity index is 870. The summed E-state index contributed by atoms with van der Waals surface area (Å²) in [6, 6.07) is 6.28. The van der Waals surface area contributed by atoms with Crippen molar-refractivity contribution in [3.8, 4) is 0 Å². The molecule has 28 heavy (non-hydrogen) atoms. The minimum Gasteiger partial charge on any atom is -0.394 e. The fraction of sp³-hybridized carbons (Fsp3) is 0.278. The number of aliphatic hydroxyl groups excluding tert-OH is 2.